The molecule has 0 aromatic rings. The Bertz CT molecular complexity index is 3.25. The van der Waals surface area contributed by atoms with Gasteiger partial charge in [0.05, 0.1) is 0 Å². The van der Waals surface area contributed by atoms with Crippen LogP contribution in [0.1, 0.15) is 0 Å². The van der Waals surface area contributed by atoms with Crippen LogP contribution in [0.2, 0.25) is 0 Å². The zero-order chi connectivity index (χ0) is 2.00. The average molecular weight is 181 g/mol. The van der Waals surface area contributed by atoms with E-state index in [2.05, 4.69) is 21.0 Å². The van der Waals surface area contributed by atoms with Crippen molar-refractivity contribution in [2.45, 2.75) is 0 Å². The number of rotatable bonds is 0. The van der Waals surface area contributed by atoms with E-state index >= 15 is 0 Å². The topological polar surface area (TPSA) is 0 Å². The predicted octanol–water partition coefficient (Wildman–Crippen LogP) is -0.163. The second-order valence-corrected chi connectivity index (χ2v) is 0. The minimum Gasteiger partial charge on any atom is 0 e. The fraction of sp³-hybridized carbons (Fsp3) is 0. The second kappa shape index (κ2) is 25.5. The molecule has 0 fully saturated rings. The molecule has 0 amide bonds. The first kappa shape index (κ1) is 18.1. The summed E-state index contributed by atoms with van der Waals surface area (Å²) in [6.45, 7) is 0. The summed E-state index contributed by atoms with van der Waals surface area (Å²) >= 11 is 2.75. The van der Waals surface area contributed by atoms with Crippen LogP contribution in [0, 0.1) is 0 Å². The van der Waals surface area contributed by atoms with E-state index in [9.17, 15) is 0 Å². The molecule has 0 aliphatic heterocycles. The monoisotopic (exact) mass is 181 g/mol. The van der Waals surface area contributed by atoms with Gasteiger partial charge < -0.3 is 0 Å². The standard InChI is InChI=1S/CH.3Fe/h1H;;;/q-1;;;. The maximum Gasteiger partial charge on any atom is 0 e. The van der Waals surface area contributed by atoms with Crippen LogP contribution in [0.15, 0.2) is 0 Å². The van der Waals surface area contributed by atoms with Crippen molar-refractivity contribution in [1.82, 2.24) is 0 Å². The molecule has 0 saturated heterocycles. The van der Waals surface area contributed by atoms with E-state index in [0.29, 0.717) is 0 Å². The summed E-state index contributed by atoms with van der Waals surface area (Å²) in [7, 11) is 0. The predicted molar refractivity (Wildman–Crippen MR) is 6.06 cm³/mol. The molecule has 30 valence electrons. The molecule has 0 rings (SSSR count). The van der Waals surface area contributed by atoms with Crippen LogP contribution < -0.4 is 0 Å². The maximum atomic E-state index is 4.25. The van der Waals surface area contributed by atoms with Crippen molar-refractivity contribution in [3.05, 3.63) is 0 Å². The molecule has 0 bridgehead atoms. The quantitative estimate of drug-likeness (QED) is 0.359. The van der Waals surface area contributed by atoms with Crippen molar-refractivity contribution in [2.24, 2.45) is 0 Å². The van der Waals surface area contributed by atoms with Crippen LogP contribution in [-0.4, -0.2) is 5.42 Å². The molecular weight excluding hydrogens is 180 g/mol. The minimum absolute atomic E-state index is 0. The molecule has 4 heavy (non-hydrogen) atoms. The molecular formula is CHFe3-. The summed E-state index contributed by atoms with van der Waals surface area (Å²) in [6.07, 6.45) is 0. The SMILES string of the molecule is [CH-]=[Fe].[Fe].[Fe]. The Balaban J connectivity index is -0.00000000500. The summed E-state index contributed by atoms with van der Waals surface area (Å²) in [5.41, 5.74) is 4.25. The van der Waals surface area contributed by atoms with Gasteiger partial charge in [-0.3, -0.25) is 0 Å². The molecule has 0 heterocycles. The van der Waals surface area contributed by atoms with Crippen molar-refractivity contribution in [2.75, 3.05) is 0 Å². The van der Waals surface area contributed by atoms with Crippen molar-refractivity contribution in [3.63, 3.8) is 0 Å². The summed E-state index contributed by atoms with van der Waals surface area (Å²) < 4.78 is 0. The third-order valence-electron chi connectivity index (χ3n) is 0. The van der Waals surface area contributed by atoms with Crippen molar-refractivity contribution in [3.8, 4) is 0 Å². The van der Waals surface area contributed by atoms with Crippen LogP contribution >= 0.6 is 0 Å². The fourth-order valence-corrected chi connectivity index (χ4v) is 0. The van der Waals surface area contributed by atoms with Crippen molar-refractivity contribution < 1.29 is 49.7 Å². The Morgan fingerprint density at radius 2 is 1.00 bits per heavy atom. The molecule has 0 unspecified atom stereocenters. The van der Waals surface area contributed by atoms with E-state index in [1.807, 2.05) is 0 Å². The van der Waals surface area contributed by atoms with Gasteiger partial charge in [-0.05, 0) is 0 Å². The Hall–Kier alpha value is 1.43. The summed E-state index contributed by atoms with van der Waals surface area (Å²) in [4.78, 5) is 0. The van der Waals surface area contributed by atoms with Crippen LogP contribution in [-0.2, 0) is 49.7 Å². The van der Waals surface area contributed by atoms with Crippen molar-refractivity contribution >= 4 is 5.42 Å². The smallest absolute Gasteiger partial charge is 0 e. The molecule has 0 nitrogen and oxygen atoms in total. The van der Waals surface area contributed by atoms with Gasteiger partial charge >= 0.3 is 21.0 Å². The summed E-state index contributed by atoms with van der Waals surface area (Å²) in [5, 5.41) is 0. The van der Waals surface area contributed by atoms with Gasteiger partial charge in [0.1, 0.15) is 0 Å². The van der Waals surface area contributed by atoms with Gasteiger partial charge in [-0.25, -0.2) is 0 Å². The van der Waals surface area contributed by atoms with Gasteiger partial charge in [-0.15, -0.1) is 0 Å². The Morgan fingerprint density at radius 3 is 1.00 bits per heavy atom. The van der Waals surface area contributed by atoms with Crippen LogP contribution in [0.3, 0.4) is 0 Å². The zero-order valence-electron chi connectivity index (χ0n) is 1.64. The summed E-state index contributed by atoms with van der Waals surface area (Å²) in [6, 6.07) is 0. The molecule has 0 spiro atoms. The minimum atomic E-state index is 0. The first-order valence-corrected chi connectivity index (χ1v) is 0.842. The van der Waals surface area contributed by atoms with Gasteiger partial charge in [-0.2, -0.15) is 0 Å². The van der Waals surface area contributed by atoms with E-state index < -0.39 is 0 Å². The fourth-order valence-electron chi connectivity index (χ4n) is 0. The largest absolute Gasteiger partial charge is 0 e. The van der Waals surface area contributed by atoms with Crippen LogP contribution in [0.25, 0.3) is 0 Å². The number of hydrogen-bond donors (Lipinski definition) is 0. The maximum absolute atomic E-state index is 4.25. The third-order valence-corrected chi connectivity index (χ3v) is 0. The molecule has 0 aromatic carbocycles. The van der Waals surface area contributed by atoms with Crippen LogP contribution in [0.5, 0.6) is 0 Å². The van der Waals surface area contributed by atoms with E-state index in [-0.39, 0.29) is 34.1 Å². The Labute approximate surface area is 55.0 Å². The third kappa shape index (κ3) is 9.91. The molecule has 0 aromatic heterocycles. The molecule has 0 atom stereocenters. The summed E-state index contributed by atoms with van der Waals surface area (Å²) in [5.74, 6) is 0. The Kier molecular flexibility index (Phi) is 115. The molecule has 0 radical (unpaired) electrons. The molecule has 0 saturated carbocycles. The van der Waals surface area contributed by atoms with Gasteiger partial charge in [0, 0.05) is 34.1 Å². The van der Waals surface area contributed by atoms with Gasteiger partial charge in [-0.1, -0.05) is 0 Å². The Morgan fingerprint density at radius 1 is 1.00 bits per heavy atom. The van der Waals surface area contributed by atoms with Crippen LogP contribution in [0.4, 0.5) is 0 Å². The molecule has 0 aliphatic rings. The second-order valence-electron chi connectivity index (χ2n) is 0. The first-order chi connectivity index (χ1) is 1.00. The zero-order valence-corrected chi connectivity index (χ0v) is 4.95. The molecule has 3 heteroatoms. The van der Waals surface area contributed by atoms with E-state index in [1.165, 1.54) is 0 Å². The molecule has 0 N–H and O–H groups in total. The van der Waals surface area contributed by atoms with E-state index in [1.54, 1.807) is 0 Å². The first-order valence-electron chi connectivity index (χ1n) is 0.204. The number of hydrogen-bond acceptors (Lipinski definition) is 0. The van der Waals surface area contributed by atoms with Gasteiger partial charge in [0.2, 0.25) is 0 Å². The molecule has 0 aliphatic carbocycles. The van der Waals surface area contributed by atoms with Gasteiger partial charge in [0.15, 0.2) is 0 Å². The van der Waals surface area contributed by atoms with Gasteiger partial charge in [0.25, 0.3) is 0 Å². The van der Waals surface area contributed by atoms with Crippen molar-refractivity contribution in [1.29, 1.82) is 0 Å². The van der Waals surface area contributed by atoms with E-state index in [4.69, 9.17) is 0 Å². The van der Waals surface area contributed by atoms with E-state index in [0.717, 1.165) is 0 Å². The normalized spacial score (nSPS) is 1.25. The average Bonchev–Trinajstić information content (AvgIpc) is 1.00.